The second-order valence-electron chi connectivity index (χ2n) is 5.32. The normalized spacial score (nSPS) is 25.6. The van der Waals surface area contributed by atoms with Crippen molar-refractivity contribution in [1.82, 2.24) is 10.3 Å². The highest BCUT2D eigenvalue weighted by Gasteiger charge is 2.42. The van der Waals surface area contributed by atoms with Gasteiger partial charge in [0, 0.05) is 25.6 Å². The quantitative estimate of drug-likeness (QED) is 0.875. The summed E-state index contributed by atoms with van der Waals surface area (Å²) < 4.78 is 11.8. The molecular formula is C14H20N2O3. The van der Waals surface area contributed by atoms with Gasteiger partial charge in [-0.15, -0.1) is 0 Å². The van der Waals surface area contributed by atoms with Crippen LogP contribution in [0.5, 0.6) is 0 Å². The summed E-state index contributed by atoms with van der Waals surface area (Å²) in [5.41, 5.74) is 0.575. The minimum absolute atomic E-state index is 0.0305. The molecule has 0 unspecified atom stereocenters. The molecule has 2 fully saturated rings. The first-order valence-corrected chi connectivity index (χ1v) is 7.01. The number of aromatic amines is 1. The number of ether oxygens (including phenoxy) is 2. The molecule has 1 aliphatic heterocycles. The first-order chi connectivity index (χ1) is 9.27. The lowest BCUT2D eigenvalue weighted by atomic mass is 9.94. The number of rotatable bonds is 3. The van der Waals surface area contributed by atoms with E-state index < -0.39 is 0 Å². The second kappa shape index (κ2) is 5.35. The van der Waals surface area contributed by atoms with Crippen LogP contribution in [0.15, 0.2) is 18.3 Å². The lowest BCUT2D eigenvalue weighted by Crippen LogP contribution is -2.37. The molecule has 1 spiro atoms. The number of hydrogen-bond acceptors (Lipinski definition) is 3. The summed E-state index contributed by atoms with van der Waals surface area (Å²) in [5, 5.41) is 2.87. The molecule has 5 heteroatoms. The van der Waals surface area contributed by atoms with Gasteiger partial charge in [-0.25, -0.2) is 0 Å². The Balaban J connectivity index is 1.48. The van der Waals surface area contributed by atoms with Crippen LogP contribution in [-0.4, -0.2) is 35.9 Å². The van der Waals surface area contributed by atoms with E-state index in [1.165, 1.54) is 19.3 Å². The fraction of sp³-hybridized carbons (Fsp3) is 0.643. The molecule has 1 saturated heterocycles. The SMILES string of the molecule is O=C(NC[C@H]1COC2(CCCCC2)O1)c1ccc[nH]1. The van der Waals surface area contributed by atoms with Crippen molar-refractivity contribution in [2.75, 3.05) is 13.2 Å². The maximum Gasteiger partial charge on any atom is 0.267 e. The van der Waals surface area contributed by atoms with E-state index in [4.69, 9.17) is 9.47 Å². The van der Waals surface area contributed by atoms with Gasteiger partial charge in [-0.3, -0.25) is 4.79 Å². The number of carbonyl (C=O) groups is 1. The number of aromatic nitrogens is 1. The second-order valence-corrected chi connectivity index (χ2v) is 5.32. The maximum atomic E-state index is 11.8. The third-order valence-corrected chi connectivity index (χ3v) is 3.86. The van der Waals surface area contributed by atoms with Gasteiger partial charge in [0.1, 0.15) is 11.8 Å². The summed E-state index contributed by atoms with van der Waals surface area (Å²) >= 11 is 0. The molecule has 0 radical (unpaired) electrons. The fourth-order valence-corrected chi connectivity index (χ4v) is 2.84. The molecule has 1 aromatic heterocycles. The number of nitrogens with one attached hydrogen (secondary N) is 2. The molecule has 2 heterocycles. The van der Waals surface area contributed by atoms with Crippen molar-refractivity contribution < 1.29 is 14.3 Å². The summed E-state index contributed by atoms with van der Waals surface area (Å²) in [6.07, 6.45) is 7.27. The van der Waals surface area contributed by atoms with Crippen LogP contribution >= 0.6 is 0 Å². The van der Waals surface area contributed by atoms with Crippen molar-refractivity contribution in [3.8, 4) is 0 Å². The average Bonchev–Trinajstić information content (AvgIpc) is 3.08. The first-order valence-electron chi connectivity index (χ1n) is 7.01. The number of H-pyrrole nitrogens is 1. The van der Waals surface area contributed by atoms with Crippen LogP contribution in [0.3, 0.4) is 0 Å². The summed E-state index contributed by atoms with van der Waals surface area (Å²) in [4.78, 5) is 14.7. The van der Waals surface area contributed by atoms with Gasteiger partial charge in [0.2, 0.25) is 0 Å². The molecule has 2 aliphatic rings. The summed E-state index contributed by atoms with van der Waals surface area (Å²) in [6, 6.07) is 3.56. The Morgan fingerprint density at radius 3 is 3.00 bits per heavy atom. The van der Waals surface area contributed by atoms with Gasteiger partial charge in [-0.2, -0.15) is 0 Å². The van der Waals surface area contributed by atoms with Gasteiger partial charge in [-0.05, 0) is 25.0 Å². The third kappa shape index (κ3) is 2.82. The molecule has 19 heavy (non-hydrogen) atoms. The lowest BCUT2D eigenvalue weighted by Gasteiger charge is -2.31. The minimum Gasteiger partial charge on any atom is -0.357 e. The van der Waals surface area contributed by atoms with Crippen molar-refractivity contribution in [2.24, 2.45) is 0 Å². The van der Waals surface area contributed by atoms with Gasteiger partial charge < -0.3 is 19.8 Å². The van der Waals surface area contributed by atoms with Gasteiger partial charge in [0.25, 0.3) is 5.91 Å². The summed E-state index contributed by atoms with van der Waals surface area (Å²) in [5.74, 6) is -0.460. The Hall–Kier alpha value is -1.33. The van der Waals surface area contributed by atoms with Gasteiger partial charge in [0.05, 0.1) is 6.61 Å². The Morgan fingerprint density at radius 2 is 2.26 bits per heavy atom. The Bertz CT molecular complexity index is 424. The first kappa shape index (κ1) is 12.7. The minimum atomic E-state index is -0.361. The van der Waals surface area contributed by atoms with E-state index in [1.807, 2.05) is 0 Å². The zero-order chi connectivity index (χ0) is 13.1. The molecule has 1 atom stereocenters. The van der Waals surface area contributed by atoms with Crippen molar-refractivity contribution >= 4 is 5.91 Å². The standard InChI is InChI=1S/C14H20N2O3/c17-13(12-5-4-8-15-12)16-9-11-10-18-14(19-11)6-2-1-3-7-14/h4-5,8,11,15H,1-3,6-7,9-10H2,(H,16,17)/t11-/m0/s1. The van der Waals surface area contributed by atoms with Crippen LogP contribution in [-0.2, 0) is 9.47 Å². The monoisotopic (exact) mass is 264 g/mol. The third-order valence-electron chi connectivity index (χ3n) is 3.86. The molecular weight excluding hydrogens is 244 g/mol. The molecule has 5 nitrogen and oxygen atoms in total. The smallest absolute Gasteiger partial charge is 0.267 e. The van der Waals surface area contributed by atoms with Crippen molar-refractivity contribution in [1.29, 1.82) is 0 Å². The number of carbonyl (C=O) groups excluding carboxylic acids is 1. The predicted molar refractivity (Wildman–Crippen MR) is 69.8 cm³/mol. The topological polar surface area (TPSA) is 63.4 Å². The van der Waals surface area contributed by atoms with Crippen molar-refractivity contribution in [3.63, 3.8) is 0 Å². The number of hydrogen-bond donors (Lipinski definition) is 2. The summed E-state index contributed by atoms with van der Waals surface area (Å²) in [7, 11) is 0. The molecule has 2 N–H and O–H groups in total. The van der Waals surface area contributed by atoms with E-state index in [2.05, 4.69) is 10.3 Å². The van der Waals surface area contributed by atoms with Crippen LogP contribution in [0, 0.1) is 0 Å². The molecule has 0 aromatic carbocycles. The van der Waals surface area contributed by atoms with Crippen molar-refractivity contribution in [3.05, 3.63) is 24.0 Å². The van der Waals surface area contributed by atoms with Crippen LogP contribution in [0.2, 0.25) is 0 Å². The predicted octanol–water partition coefficient (Wildman–Crippen LogP) is 1.82. The Morgan fingerprint density at radius 1 is 1.42 bits per heavy atom. The zero-order valence-electron chi connectivity index (χ0n) is 11.0. The molecule has 1 saturated carbocycles. The van der Waals surface area contributed by atoms with Crippen LogP contribution in [0.4, 0.5) is 0 Å². The van der Waals surface area contributed by atoms with Crippen molar-refractivity contribution in [2.45, 2.75) is 44.0 Å². The molecule has 1 aromatic rings. The van der Waals surface area contributed by atoms with E-state index in [1.54, 1.807) is 18.3 Å². The zero-order valence-corrected chi connectivity index (χ0v) is 11.0. The molecule has 0 bridgehead atoms. The largest absolute Gasteiger partial charge is 0.357 e. The molecule has 104 valence electrons. The number of amides is 1. The molecule has 3 rings (SSSR count). The Kier molecular flexibility index (Phi) is 3.57. The van der Waals surface area contributed by atoms with E-state index in [0.717, 1.165) is 12.8 Å². The van der Waals surface area contributed by atoms with E-state index in [-0.39, 0.29) is 17.8 Å². The van der Waals surface area contributed by atoms with E-state index >= 15 is 0 Å². The van der Waals surface area contributed by atoms with Gasteiger partial charge in [0.15, 0.2) is 5.79 Å². The lowest BCUT2D eigenvalue weighted by molar-refractivity contribution is -0.186. The molecule has 1 aliphatic carbocycles. The van der Waals surface area contributed by atoms with E-state index in [0.29, 0.717) is 18.8 Å². The highest BCUT2D eigenvalue weighted by Crippen LogP contribution is 2.37. The highest BCUT2D eigenvalue weighted by molar-refractivity contribution is 5.92. The fourth-order valence-electron chi connectivity index (χ4n) is 2.84. The van der Waals surface area contributed by atoms with Gasteiger partial charge >= 0.3 is 0 Å². The van der Waals surface area contributed by atoms with Crippen LogP contribution < -0.4 is 5.32 Å². The summed E-state index contributed by atoms with van der Waals surface area (Å²) in [6.45, 7) is 1.07. The molecule has 1 amide bonds. The maximum absolute atomic E-state index is 11.8. The van der Waals surface area contributed by atoms with Crippen LogP contribution in [0.1, 0.15) is 42.6 Å². The van der Waals surface area contributed by atoms with Gasteiger partial charge in [-0.1, -0.05) is 6.42 Å². The average molecular weight is 264 g/mol. The van der Waals surface area contributed by atoms with Crippen LogP contribution in [0.25, 0.3) is 0 Å². The highest BCUT2D eigenvalue weighted by atomic mass is 16.7. The van der Waals surface area contributed by atoms with E-state index in [9.17, 15) is 4.79 Å². The Labute approximate surface area is 112 Å².